The van der Waals surface area contributed by atoms with Gasteiger partial charge in [-0.3, -0.25) is 24.9 Å². The van der Waals surface area contributed by atoms with Crippen LogP contribution in [-0.4, -0.2) is 66.3 Å². The molecule has 0 bridgehead atoms. The number of piperidine rings is 1. The fraction of sp³-hybridized carbons (Fsp3) is 0.500. The summed E-state index contributed by atoms with van der Waals surface area (Å²) >= 11 is 13.0. The van der Waals surface area contributed by atoms with Crippen molar-refractivity contribution in [2.45, 2.75) is 56.7 Å². The fourth-order valence-corrected chi connectivity index (χ4v) is 7.74. The van der Waals surface area contributed by atoms with E-state index in [0.29, 0.717) is 39.7 Å². The van der Waals surface area contributed by atoms with Crippen LogP contribution in [-0.2, 0) is 9.59 Å². The summed E-state index contributed by atoms with van der Waals surface area (Å²) in [6.07, 6.45) is 6.28. The van der Waals surface area contributed by atoms with Crippen molar-refractivity contribution in [2.75, 3.05) is 31.8 Å². The first kappa shape index (κ1) is 28.3. The van der Waals surface area contributed by atoms with E-state index in [0.717, 1.165) is 57.2 Å². The molecule has 0 radical (unpaired) electrons. The molecule has 6 rings (SSSR count). The highest BCUT2D eigenvalue weighted by Gasteiger charge is 2.55. The molecule has 41 heavy (non-hydrogen) atoms. The molecule has 0 aromatic heterocycles. The van der Waals surface area contributed by atoms with Gasteiger partial charge in [-0.25, -0.2) is 5.01 Å². The number of hydrogen-bond acceptors (Lipinski definition) is 7. The summed E-state index contributed by atoms with van der Waals surface area (Å²) in [4.78, 5) is 29.3. The van der Waals surface area contributed by atoms with Crippen LogP contribution >= 0.6 is 23.2 Å². The quantitative estimate of drug-likeness (QED) is 0.490. The van der Waals surface area contributed by atoms with Gasteiger partial charge in [-0.05, 0) is 73.4 Å². The van der Waals surface area contributed by atoms with Gasteiger partial charge in [-0.1, -0.05) is 48.2 Å². The summed E-state index contributed by atoms with van der Waals surface area (Å²) in [5.74, 6) is 0.608. The molecule has 5 unspecified atom stereocenters. The lowest BCUT2D eigenvalue weighted by Crippen LogP contribution is -2.57. The van der Waals surface area contributed by atoms with Gasteiger partial charge in [-0.15, -0.1) is 0 Å². The first-order valence-corrected chi connectivity index (χ1v) is 15.2. The number of benzene rings is 2. The Labute approximate surface area is 250 Å². The molecule has 3 heterocycles. The monoisotopic (exact) mass is 598 g/mol. The average Bonchev–Trinajstić information content (AvgIpc) is 3.66. The second-order valence-corrected chi connectivity index (χ2v) is 12.3. The van der Waals surface area contributed by atoms with E-state index >= 15 is 0 Å². The fourth-order valence-electron chi connectivity index (χ4n) is 7.24. The molecule has 2 amide bonds. The van der Waals surface area contributed by atoms with Crippen LogP contribution in [0.5, 0.6) is 5.75 Å². The minimum atomic E-state index is -0.539. The van der Waals surface area contributed by atoms with Gasteiger partial charge in [0, 0.05) is 24.7 Å². The highest BCUT2D eigenvalue weighted by atomic mass is 35.5. The first-order valence-electron chi connectivity index (χ1n) is 14.4. The summed E-state index contributed by atoms with van der Waals surface area (Å²) in [5.41, 5.74) is 11.1. The topological polar surface area (TPSA) is 103 Å². The van der Waals surface area contributed by atoms with Gasteiger partial charge in [0.05, 0.1) is 35.9 Å². The summed E-state index contributed by atoms with van der Waals surface area (Å²) in [7, 11) is 1.62. The van der Waals surface area contributed by atoms with Gasteiger partial charge in [0.25, 0.3) is 5.91 Å². The highest BCUT2D eigenvalue weighted by Crippen LogP contribution is 2.48. The Morgan fingerprint density at radius 1 is 1.00 bits per heavy atom. The SMILES string of the molecule is COc1ccc(C2C(N3CC4CCCC4C3C(N)=O)C(C(=O)NN3CCCCC3)=NN2c2ccc(Cl)cc2Cl)cc1. The predicted octanol–water partition coefficient (Wildman–Crippen LogP) is 4.39. The molecule has 3 fully saturated rings. The lowest BCUT2D eigenvalue weighted by molar-refractivity contribution is -0.124. The number of hydrogen-bond donors (Lipinski definition) is 2. The number of hydrazine groups is 1. The molecule has 4 aliphatic rings. The Balaban J connectivity index is 1.47. The van der Waals surface area contributed by atoms with Crippen LogP contribution in [0, 0.1) is 11.8 Å². The standard InChI is InChI=1S/C30H36Cl2N6O3/c1-41-21-11-8-18(9-12-21)26-28(37-17-19-6-5-7-22(19)27(37)29(33)39)25(30(40)35-36-14-3-2-4-15-36)34-38(26)24-13-10-20(31)16-23(24)32/h8-13,16,19,22,26-28H,2-7,14-15,17H2,1H3,(H2,33,39)(H,35,40). The smallest absolute Gasteiger partial charge is 0.283 e. The molecule has 3 N–H and O–H groups in total. The number of carbonyl (C=O) groups excluding carboxylic acids is 2. The number of hydrazone groups is 1. The Morgan fingerprint density at radius 2 is 1.76 bits per heavy atom. The van der Waals surface area contributed by atoms with Crippen molar-refractivity contribution in [2.24, 2.45) is 22.7 Å². The number of nitrogens with zero attached hydrogens (tertiary/aromatic N) is 4. The molecule has 11 heteroatoms. The molecule has 2 saturated heterocycles. The largest absolute Gasteiger partial charge is 0.497 e. The molecule has 2 aromatic rings. The van der Waals surface area contributed by atoms with Crippen LogP contribution in [0.1, 0.15) is 50.1 Å². The number of anilines is 1. The lowest BCUT2D eigenvalue weighted by atomic mass is 9.91. The van der Waals surface area contributed by atoms with E-state index in [-0.39, 0.29) is 17.7 Å². The lowest BCUT2D eigenvalue weighted by Gasteiger charge is -2.37. The third-order valence-electron chi connectivity index (χ3n) is 9.10. The molecular formula is C30H36Cl2N6O3. The molecule has 1 saturated carbocycles. The van der Waals surface area contributed by atoms with Gasteiger partial charge in [0.1, 0.15) is 11.5 Å². The second-order valence-electron chi connectivity index (χ2n) is 11.5. The number of nitrogens with one attached hydrogen (secondary N) is 1. The van der Waals surface area contributed by atoms with E-state index in [1.54, 1.807) is 19.2 Å². The van der Waals surface area contributed by atoms with Gasteiger partial charge < -0.3 is 10.5 Å². The van der Waals surface area contributed by atoms with E-state index in [9.17, 15) is 9.59 Å². The Morgan fingerprint density at radius 3 is 2.44 bits per heavy atom. The van der Waals surface area contributed by atoms with E-state index in [1.807, 2.05) is 40.3 Å². The van der Waals surface area contributed by atoms with E-state index < -0.39 is 18.1 Å². The maximum Gasteiger partial charge on any atom is 0.283 e. The molecule has 218 valence electrons. The van der Waals surface area contributed by atoms with Crippen molar-refractivity contribution in [3.05, 3.63) is 58.1 Å². The summed E-state index contributed by atoms with van der Waals surface area (Å²) in [6, 6.07) is 11.5. The number of rotatable bonds is 7. The number of carbonyl (C=O) groups is 2. The number of likely N-dealkylation sites (tertiary alicyclic amines) is 1. The van der Waals surface area contributed by atoms with E-state index in [2.05, 4.69) is 10.3 Å². The molecule has 3 aliphatic heterocycles. The van der Waals surface area contributed by atoms with Gasteiger partial charge in [0.2, 0.25) is 5.91 Å². The summed E-state index contributed by atoms with van der Waals surface area (Å²) < 4.78 is 5.43. The van der Waals surface area contributed by atoms with Gasteiger partial charge >= 0.3 is 0 Å². The molecule has 1 aliphatic carbocycles. The second kappa shape index (κ2) is 11.8. The Hall–Kier alpha value is -2.85. The maximum atomic E-state index is 14.1. The number of ether oxygens (including phenoxy) is 1. The van der Waals surface area contributed by atoms with Crippen LogP contribution in [0.2, 0.25) is 10.0 Å². The van der Waals surface area contributed by atoms with Crippen LogP contribution in [0.15, 0.2) is 47.6 Å². The van der Waals surface area contributed by atoms with Crippen LogP contribution in [0.3, 0.4) is 0 Å². The third-order valence-corrected chi connectivity index (χ3v) is 9.63. The molecule has 9 nitrogen and oxygen atoms in total. The zero-order chi connectivity index (χ0) is 28.7. The van der Waals surface area contributed by atoms with Crippen molar-refractivity contribution < 1.29 is 14.3 Å². The predicted molar refractivity (Wildman–Crippen MR) is 160 cm³/mol. The zero-order valence-corrected chi connectivity index (χ0v) is 24.7. The van der Waals surface area contributed by atoms with Crippen molar-refractivity contribution in [3.8, 4) is 5.75 Å². The normalized spacial score (nSPS) is 28.4. The number of amides is 2. The van der Waals surface area contributed by atoms with Crippen LogP contribution < -0.4 is 20.9 Å². The van der Waals surface area contributed by atoms with E-state index in [1.165, 1.54) is 0 Å². The molecule has 5 atom stereocenters. The minimum Gasteiger partial charge on any atom is -0.497 e. The van der Waals surface area contributed by atoms with Crippen LogP contribution in [0.25, 0.3) is 0 Å². The highest BCUT2D eigenvalue weighted by molar-refractivity contribution is 6.42. The molecule has 0 spiro atoms. The summed E-state index contributed by atoms with van der Waals surface area (Å²) in [6.45, 7) is 2.25. The maximum absolute atomic E-state index is 14.1. The van der Waals surface area contributed by atoms with Gasteiger partial charge in [0.15, 0.2) is 0 Å². The zero-order valence-electron chi connectivity index (χ0n) is 23.1. The molecular weight excluding hydrogens is 563 g/mol. The number of nitrogens with two attached hydrogens (primary N) is 1. The van der Waals surface area contributed by atoms with Crippen molar-refractivity contribution in [1.29, 1.82) is 0 Å². The summed E-state index contributed by atoms with van der Waals surface area (Å²) in [5, 5.41) is 9.68. The Kier molecular flexibility index (Phi) is 8.14. The van der Waals surface area contributed by atoms with Crippen molar-refractivity contribution >= 4 is 46.4 Å². The third kappa shape index (κ3) is 5.41. The number of fused-ring (bicyclic) bond motifs is 1. The van der Waals surface area contributed by atoms with Crippen molar-refractivity contribution in [3.63, 3.8) is 0 Å². The Bertz CT molecular complexity index is 1330. The van der Waals surface area contributed by atoms with Gasteiger partial charge in [-0.2, -0.15) is 5.10 Å². The number of methoxy groups -OCH3 is 1. The first-order chi connectivity index (χ1) is 19.9. The molecule has 2 aromatic carbocycles. The number of halogens is 2. The average molecular weight is 600 g/mol. The minimum absolute atomic E-state index is 0.170. The van der Waals surface area contributed by atoms with Crippen LogP contribution in [0.4, 0.5) is 5.69 Å². The van der Waals surface area contributed by atoms with E-state index in [4.69, 9.17) is 38.8 Å². The number of primary amides is 1. The van der Waals surface area contributed by atoms with Crippen molar-refractivity contribution in [1.82, 2.24) is 15.3 Å².